The van der Waals surface area contributed by atoms with E-state index in [2.05, 4.69) is 17.4 Å². The van der Waals surface area contributed by atoms with Crippen molar-refractivity contribution < 1.29 is 14.6 Å². The van der Waals surface area contributed by atoms with Crippen LogP contribution in [-0.2, 0) is 6.42 Å². The van der Waals surface area contributed by atoms with E-state index in [0.29, 0.717) is 18.0 Å². The van der Waals surface area contributed by atoms with Gasteiger partial charge in [-0.1, -0.05) is 48.5 Å². The van der Waals surface area contributed by atoms with E-state index < -0.39 is 0 Å². The zero-order valence-electron chi connectivity index (χ0n) is 13.7. The van der Waals surface area contributed by atoms with Gasteiger partial charge in [-0.15, -0.1) is 0 Å². The molecule has 1 amide bonds. The number of rotatable bonds is 6. The van der Waals surface area contributed by atoms with E-state index in [9.17, 15) is 9.90 Å². The molecule has 0 saturated carbocycles. The maximum Gasteiger partial charge on any atom is 0.259 e. The van der Waals surface area contributed by atoms with Crippen LogP contribution in [0, 0.1) is 0 Å². The molecule has 4 heteroatoms. The summed E-state index contributed by atoms with van der Waals surface area (Å²) in [6.07, 6.45) is 0.815. The quantitative estimate of drug-likeness (QED) is 0.708. The number of amides is 1. The van der Waals surface area contributed by atoms with Crippen molar-refractivity contribution in [3.63, 3.8) is 0 Å². The molecule has 0 aromatic heterocycles. The Balaban J connectivity index is 1.59. The second-order valence-electron chi connectivity index (χ2n) is 5.58. The average Bonchev–Trinajstić information content (AvgIpc) is 2.63. The van der Waals surface area contributed by atoms with Gasteiger partial charge in [-0.2, -0.15) is 0 Å². The molecule has 126 valence electrons. The number of ether oxygens (including phenoxy) is 1. The van der Waals surface area contributed by atoms with Gasteiger partial charge in [-0.05, 0) is 29.8 Å². The standard InChI is InChI=1S/C21H19NO3/c23-20-12-5-4-11-19(20)21(24)22-17-9-6-10-18(15-17)25-14-13-16-7-2-1-3-8-16/h1-12,15,23H,13-14H2,(H,22,24). The largest absolute Gasteiger partial charge is 0.507 e. The molecule has 2 N–H and O–H groups in total. The molecule has 0 atom stereocenters. The Morgan fingerprint density at radius 2 is 1.68 bits per heavy atom. The molecule has 0 saturated heterocycles. The number of aromatic hydroxyl groups is 1. The lowest BCUT2D eigenvalue weighted by Crippen LogP contribution is -2.12. The van der Waals surface area contributed by atoms with Gasteiger partial charge >= 0.3 is 0 Å². The van der Waals surface area contributed by atoms with Gasteiger partial charge in [-0.25, -0.2) is 0 Å². The summed E-state index contributed by atoms with van der Waals surface area (Å²) < 4.78 is 5.76. The summed E-state index contributed by atoms with van der Waals surface area (Å²) in [4.78, 5) is 12.2. The molecule has 0 radical (unpaired) electrons. The van der Waals surface area contributed by atoms with Crippen molar-refractivity contribution in [3.8, 4) is 11.5 Å². The van der Waals surface area contributed by atoms with Gasteiger partial charge in [0.05, 0.1) is 12.2 Å². The molecule has 25 heavy (non-hydrogen) atoms. The topological polar surface area (TPSA) is 58.6 Å². The zero-order chi connectivity index (χ0) is 17.5. The van der Waals surface area contributed by atoms with Crippen molar-refractivity contribution in [3.05, 3.63) is 90.0 Å². The van der Waals surface area contributed by atoms with Crippen molar-refractivity contribution in [2.75, 3.05) is 11.9 Å². The van der Waals surface area contributed by atoms with E-state index in [1.54, 1.807) is 30.3 Å². The van der Waals surface area contributed by atoms with Crippen LogP contribution in [0.15, 0.2) is 78.9 Å². The Hall–Kier alpha value is -3.27. The van der Waals surface area contributed by atoms with Crippen molar-refractivity contribution in [2.45, 2.75) is 6.42 Å². The Morgan fingerprint density at radius 3 is 2.48 bits per heavy atom. The Bertz CT molecular complexity index is 847. The highest BCUT2D eigenvalue weighted by Gasteiger charge is 2.10. The van der Waals surface area contributed by atoms with Crippen LogP contribution < -0.4 is 10.1 Å². The van der Waals surface area contributed by atoms with E-state index in [-0.39, 0.29) is 17.2 Å². The highest BCUT2D eigenvalue weighted by atomic mass is 16.5. The van der Waals surface area contributed by atoms with Crippen LogP contribution in [0.1, 0.15) is 15.9 Å². The number of benzene rings is 3. The van der Waals surface area contributed by atoms with Gasteiger partial charge in [0, 0.05) is 18.2 Å². The third-order valence-electron chi connectivity index (χ3n) is 3.74. The predicted octanol–water partition coefficient (Wildman–Crippen LogP) is 4.27. The fourth-order valence-electron chi connectivity index (χ4n) is 2.46. The summed E-state index contributed by atoms with van der Waals surface area (Å²) in [5.74, 6) is 0.279. The summed E-state index contributed by atoms with van der Waals surface area (Å²) in [6, 6.07) is 23.8. The van der Waals surface area contributed by atoms with Crippen LogP contribution in [0.3, 0.4) is 0 Å². The number of phenols is 1. The number of nitrogens with one attached hydrogen (secondary N) is 1. The molecule has 0 heterocycles. The van der Waals surface area contributed by atoms with Crippen molar-refractivity contribution in [1.82, 2.24) is 0 Å². The molecule has 0 aliphatic heterocycles. The zero-order valence-corrected chi connectivity index (χ0v) is 13.7. The van der Waals surface area contributed by atoms with Crippen molar-refractivity contribution in [2.24, 2.45) is 0 Å². The van der Waals surface area contributed by atoms with Gasteiger partial charge in [0.2, 0.25) is 0 Å². The highest BCUT2D eigenvalue weighted by molar-refractivity contribution is 6.06. The molecule has 0 aliphatic carbocycles. The third kappa shape index (κ3) is 4.61. The maximum absolute atomic E-state index is 12.2. The molecule has 3 aromatic carbocycles. The lowest BCUT2D eigenvalue weighted by molar-refractivity contribution is 0.102. The summed E-state index contributed by atoms with van der Waals surface area (Å²) in [5, 5.41) is 12.5. The minimum atomic E-state index is -0.362. The molecule has 0 spiro atoms. The molecule has 4 nitrogen and oxygen atoms in total. The minimum absolute atomic E-state index is 0.0461. The van der Waals surface area contributed by atoms with Crippen LogP contribution in [-0.4, -0.2) is 17.6 Å². The second kappa shape index (κ2) is 8.02. The Labute approximate surface area is 146 Å². The van der Waals surface area contributed by atoms with Crippen LogP contribution in [0.5, 0.6) is 11.5 Å². The first-order valence-electron chi connectivity index (χ1n) is 8.08. The number of para-hydroxylation sites is 1. The summed E-state index contributed by atoms with van der Waals surface area (Å²) >= 11 is 0. The normalized spacial score (nSPS) is 10.2. The van der Waals surface area contributed by atoms with E-state index >= 15 is 0 Å². The molecule has 3 rings (SSSR count). The van der Waals surface area contributed by atoms with Crippen molar-refractivity contribution >= 4 is 11.6 Å². The van der Waals surface area contributed by atoms with Gasteiger partial charge < -0.3 is 15.2 Å². The monoisotopic (exact) mass is 333 g/mol. The SMILES string of the molecule is O=C(Nc1cccc(OCCc2ccccc2)c1)c1ccccc1O. The van der Waals surface area contributed by atoms with E-state index in [4.69, 9.17) is 4.74 Å². The number of phenolic OH excluding ortho intramolecular Hbond substituents is 1. The fourth-order valence-corrected chi connectivity index (χ4v) is 2.46. The highest BCUT2D eigenvalue weighted by Crippen LogP contribution is 2.21. The number of carbonyl (C=O) groups is 1. The second-order valence-corrected chi connectivity index (χ2v) is 5.58. The van der Waals surface area contributed by atoms with Crippen LogP contribution in [0.4, 0.5) is 5.69 Å². The van der Waals surface area contributed by atoms with Gasteiger partial charge in [0.15, 0.2) is 0 Å². The first kappa shape index (κ1) is 16.6. The number of hydrogen-bond acceptors (Lipinski definition) is 3. The molecule has 0 unspecified atom stereocenters. The Morgan fingerprint density at radius 1 is 0.920 bits per heavy atom. The van der Waals surface area contributed by atoms with Gasteiger partial charge in [-0.3, -0.25) is 4.79 Å². The maximum atomic E-state index is 12.2. The molecule has 0 aliphatic rings. The van der Waals surface area contributed by atoms with E-state index in [1.807, 2.05) is 30.3 Å². The van der Waals surface area contributed by atoms with E-state index in [1.165, 1.54) is 11.6 Å². The minimum Gasteiger partial charge on any atom is -0.507 e. The number of hydrogen-bond donors (Lipinski definition) is 2. The number of anilines is 1. The van der Waals surface area contributed by atoms with Crippen LogP contribution >= 0.6 is 0 Å². The molecular formula is C21H19NO3. The van der Waals surface area contributed by atoms with Gasteiger partial charge in [0.1, 0.15) is 11.5 Å². The van der Waals surface area contributed by atoms with Crippen LogP contribution in [0.25, 0.3) is 0 Å². The summed E-state index contributed by atoms with van der Waals surface area (Å²) in [6.45, 7) is 0.556. The molecule has 0 fully saturated rings. The smallest absolute Gasteiger partial charge is 0.259 e. The molecule has 3 aromatic rings. The summed E-state index contributed by atoms with van der Waals surface area (Å²) in [5.41, 5.74) is 2.06. The first-order valence-corrected chi connectivity index (χ1v) is 8.08. The van der Waals surface area contributed by atoms with E-state index in [0.717, 1.165) is 6.42 Å². The lowest BCUT2D eigenvalue weighted by atomic mass is 10.2. The molecular weight excluding hydrogens is 314 g/mol. The first-order chi connectivity index (χ1) is 12.2. The Kier molecular flexibility index (Phi) is 5.32. The number of carbonyl (C=O) groups excluding carboxylic acids is 1. The average molecular weight is 333 g/mol. The van der Waals surface area contributed by atoms with Crippen LogP contribution in [0.2, 0.25) is 0 Å². The summed E-state index contributed by atoms with van der Waals surface area (Å²) in [7, 11) is 0. The predicted molar refractivity (Wildman–Crippen MR) is 98.1 cm³/mol. The van der Waals surface area contributed by atoms with Gasteiger partial charge in [0.25, 0.3) is 5.91 Å². The fraction of sp³-hybridized carbons (Fsp3) is 0.0952. The molecule has 0 bridgehead atoms. The lowest BCUT2D eigenvalue weighted by Gasteiger charge is -2.10. The third-order valence-corrected chi connectivity index (χ3v) is 3.74. The van der Waals surface area contributed by atoms with Crippen molar-refractivity contribution in [1.29, 1.82) is 0 Å².